The summed E-state index contributed by atoms with van der Waals surface area (Å²) in [7, 11) is 1.51. The topological polar surface area (TPSA) is 87.7 Å². The summed E-state index contributed by atoms with van der Waals surface area (Å²) in [6.07, 6.45) is 0. The molecular formula is C19H22N2O4. The van der Waals surface area contributed by atoms with Crippen LogP contribution in [-0.2, 0) is 9.59 Å². The van der Waals surface area contributed by atoms with Crippen molar-refractivity contribution in [3.8, 4) is 11.5 Å². The van der Waals surface area contributed by atoms with Crippen molar-refractivity contribution in [2.75, 3.05) is 12.4 Å². The molecule has 2 aromatic rings. The highest BCUT2D eigenvalue weighted by Gasteiger charge is 2.19. The summed E-state index contributed by atoms with van der Waals surface area (Å²) in [5.74, 6) is -0.981. The zero-order valence-electron chi connectivity index (χ0n) is 14.7. The monoisotopic (exact) mass is 342 g/mol. The fourth-order valence-electron chi connectivity index (χ4n) is 2.58. The van der Waals surface area contributed by atoms with Crippen LogP contribution in [0.5, 0.6) is 11.5 Å². The second-order valence-corrected chi connectivity index (χ2v) is 5.95. The number of benzene rings is 2. The number of ether oxygens (including phenoxy) is 1. The van der Waals surface area contributed by atoms with Crippen LogP contribution in [0.3, 0.4) is 0 Å². The minimum atomic E-state index is -0.783. The number of anilines is 1. The summed E-state index contributed by atoms with van der Waals surface area (Å²) < 4.78 is 5.11. The number of hydrogen-bond acceptors (Lipinski definition) is 4. The molecule has 3 N–H and O–H groups in total. The van der Waals surface area contributed by atoms with E-state index in [0.29, 0.717) is 17.0 Å². The van der Waals surface area contributed by atoms with Gasteiger partial charge in [0.05, 0.1) is 13.2 Å². The van der Waals surface area contributed by atoms with E-state index in [9.17, 15) is 14.7 Å². The Morgan fingerprint density at radius 3 is 2.28 bits per heavy atom. The summed E-state index contributed by atoms with van der Waals surface area (Å²) in [5, 5.41) is 15.1. The average molecular weight is 342 g/mol. The van der Waals surface area contributed by atoms with Gasteiger partial charge in [-0.2, -0.15) is 0 Å². The number of carbonyl (C=O) groups excluding carboxylic acids is 2. The van der Waals surface area contributed by atoms with Crippen LogP contribution in [0, 0.1) is 13.8 Å². The molecule has 25 heavy (non-hydrogen) atoms. The number of phenols is 1. The van der Waals surface area contributed by atoms with E-state index < -0.39 is 17.9 Å². The number of amides is 2. The lowest BCUT2D eigenvalue weighted by Crippen LogP contribution is -2.37. The molecule has 0 fully saturated rings. The summed E-state index contributed by atoms with van der Waals surface area (Å²) in [6.45, 7) is 5.50. The number of aromatic hydroxyl groups is 1. The molecule has 0 bridgehead atoms. The van der Waals surface area contributed by atoms with E-state index in [1.807, 2.05) is 19.9 Å². The van der Waals surface area contributed by atoms with Crippen LogP contribution >= 0.6 is 0 Å². The predicted octanol–water partition coefficient (Wildman–Crippen LogP) is 2.83. The predicted molar refractivity (Wildman–Crippen MR) is 95.8 cm³/mol. The molecule has 2 aromatic carbocycles. The van der Waals surface area contributed by atoms with Crippen molar-refractivity contribution in [2.24, 2.45) is 0 Å². The SMILES string of the molecule is COc1ccc(O)c([C@@H](C)NC(=O)C(=O)Nc2cc(C)cc(C)c2)c1. The van der Waals surface area contributed by atoms with Gasteiger partial charge in [0.25, 0.3) is 0 Å². The fourth-order valence-corrected chi connectivity index (χ4v) is 2.58. The van der Waals surface area contributed by atoms with Crippen LogP contribution in [0.1, 0.15) is 29.7 Å². The second kappa shape index (κ2) is 7.70. The van der Waals surface area contributed by atoms with Gasteiger partial charge in [-0.3, -0.25) is 9.59 Å². The van der Waals surface area contributed by atoms with Gasteiger partial charge in [-0.1, -0.05) is 6.07 Å². The van der Waals surface area contributed by atoms with Crippen molar-refractivity contribution in [1.82, 2.24) is 5.32 Å². The van der Waals surface area contributed by atoms with Crippen molar-refractivity contribution >= 4 is 17.5 Å². The number of hydrogen-bond donors (Lipinski definition) is 3. The van der Waals surface area contributed by atoms with Gasteiger partial charge in [-0.15, -0.1) is 0 Å². The van der Waals surface area contributed by atoms with Crippen LogP contribution in [-0.4, -0.2) is 24.0 Å². The first-order chi connectivity index (χ1) is 11.8. The molecule has 6 nitrogen and oxygen atoms in total. The van der Waals surface area contributed by atoms with Crippen molar-refractivity contribution in [1.29, 1.82) is 0 Å². The smallest absolute Gasteiger partial charge is 0.313 e. The van der Waals surface area contributed by atoms with E-state index in [1.165, 1.54) is 13.2 Å². The van der Waals surface area contributed by atoms with Gasteiger partial charge in [0, 0.05) is 11.3 Å². The number of rotatable bonds is 4. The second-order valence-electron chi connectivity index (χ2n) is 5.95. The molecule has 0 aromatic heterocycles. The van der Waals surface area contributed by atoms with Crippen LogP contribution in [0.15, 0.2) is 36.4 Å². The van der Waals surface area contributed by atoms with E-state index in [4.69, 9.17) is 4.74 Å². The lowest BCUT2D eigenvalue weighted by Gasteiger charge is -2.16. The third-order valence-corrected chi connectivity index (χ3v) is 3.73. The summed E-state index contributed by atoms with van der Waals surface area (Å²) in [5.41, 5.74) is 3.01. The number of aryl methyl sites for hydroxylation is 2. The minimum absolute atomic E-state index is 0.0170. The van der Waals surface area contributed by atoms with Crippen molar-refractivity contribution in [2.45, 2.75) is 26.8 Å². The molecule has 0 saturated heterocycles. The molecular weight excluding hydrogens is 320 g/mol. The molecule has 0 unspecified atom stereocenters. The Bertz CT molecular complexity index is 782. The molecule has 2 rings (SSSR count). The first kappa shape index (κ1) is 18.3. The minimum Gasteiger partial charge on any atom is -0.508 e. The highest BCUT2D eigenvalue weighted by Crippen LogP contribution is 2.28. The van der Waals surface area contributed by atoms with E-state index >= 15 is 0 Å². The number of methoxy groups -OCH3 is 1. The Labute approximate surface area is 146 Å². The maximum atomic E-state index is 12.1. The summed E-state index contributed by atoms with van der Waals surface area (Å²) >= 11 is 0. The van der Waals surface area contributed by atoms with Crippen LogP contribution in [0.25, 0.3) is 0 Å². The standard InChI is InChI=1S/C19H22N2O4/c1-11-7-12(2)9-14(8-11)21-19(24)18(23)20-13(3)16-10-15(25-4)5-6-17(16)22/h5-10,13,22H,1-4H3,(H,20,23)(H,21,24)/t13-/m1/s1. The molecule has 2 amide bonds. The van der Waals surface area contributed by atoms with E-state index in [1.54, 1.807) is 31.2 Å². The van der Waals surface area contributed by atoms with Gasteiger partial charge in [-0.25, -0.2) is 0 Å². The van der Waals surface area contributed by atoms with E-state index in [-0.39, 0.29) is 5.75 Å². The molecule has 0 saturated carbocycles. The Kier molecular flexibility index (Phi) is 5.64. The Hall–Kier alpha value is -3.02. The first-order valence-corrected chi connectivity index (χ1v) is 7.87. The molecule has 0 heterocycles. The molecule has 6 heteroatoms. The van der Waals surface area contributed by atoms with Gasteiger partial charge in [0.2, 0.25) is 0 Å². The van der Waals surface area contributed by atoms with Crippen molar-refractivity contribution in [3.63, 3.8) is 0 Å². The molecule has 1 atom stereocenters. The van der Waals surface area contributed by atoms with Crippen LogP contribution in [0.4, 0.5) is 5.69 Å². The molecule has 132 valence electrons. The van der Waals surface area contributed by atoms with Crippen LogP contribution < -0.4 is 15.4 Å². The lowest BCUT2D eigenvalue weighted by atomic mass is 10.1. The quantitative estimate of drug-likeness (QED) is 0.746. The molecule has 0 aliphatic rings. The average Bonchev–Trinajstić information content (AvgIpc) is 2.54. The number of phenolic OH excluding ortho intramolecular Hbond substituents is 1. The third-order valence-electron chi connectivity index (χ3n) is 3.73. The first-order valence-electron chi connectivity index (χ1n) is 7.87. The highest BCUT2D eigenvalue weighted by atomic mass is 16.5. The number of carbonyl (C=O) groups is 2. The van der Waals surface area contributed by atoms with Gasteiger partial charge >= 0.3 is 11.8 Å². The maximum Gasteiger partial charge on any atom is 0.313 e. The van der Waals surface area contributed by atoms with E-state index in [2.05, 4.69) is 10.6 Å². The number of nitrogens with one attached hydrogen (secondary N) is 2. The fraction of sp³-hybridized carbons (Fsp3) is 0.263. The third kappa shape index (κ3) is 4.73. The normalized spacial score (nSPS) is 11.5. The Balaban J connectivity index is 2.06. The zero-order chi connectivity index (χ0) is 18.6. The summed E-state index contributed by atoms with van der Waals surface area (Å²) in [6, 6.07) is 9.69. The lowest BCUT2D eigenvalue weighted by molar-refractivity contribution is -0.136. The summed E-state index contributed by atoms with van der Waals surface area (Å²) in [4.78, 5) is 24.2. The van der Waals surface area contributed by atoms with Crippen molar-refractivity contribution < 1.29 is 19.4 Å². The van der Waals surface area contributed by atoms with Crippen molar-refractivity contribution in [3.05, 3.63) is 53.1 Å². The van der Waals surface area contributed by atoms with Gasteiger partial charge in [0.15, 0.2) is 0 Å². The van der Waals surface area contributed by atoms with Gasteiger partial charge in [0.1, 0.15) is 11.5 Å². The molecule has 0 spiro atoms. The highest BCUT2D eigenvalue weighted by molar-refractivity contribution is 6.39. The van der Waals surface area contributed by atoms with Gasteiger partial charge in [-0.05, 0) is 62.2 Å². The zero-order valence-corrected chi connectivity index (χ0v) is 14.7. The van der Waals surface area contributed by atoms with E-state index in [0.717, 1.165) is 11.1 Å². The Morgan fingerprint density at radius 1 is 1.04 bits per heavy atom. The van der Waals surface area contributed by atoms with Gasteiger partial charge < -0.3 is 20.5 Å². The Morgan fingerprint density at radius 2 is 1.68 bits per heavy atom. The van der Waals surface area contributed by atoms with Crippen LogP contribution in [0.2, 0.25) is 0 Å². The maximum absolute atomic E-state index is 12.1. The molecule has 0 radical (unpaired) electrons. The largest absolute Gasteiger partial charge is 0.508 e. The molecule has 0 aliphatic heterocycles. The molecule has 0 aliphatic carbocycles.